The van der Waals surface area contributed by atoms with E-state index in [1.165, 1.54) is 17.0 Å². The third-order valence-electron chi connectivity index (χ3n) is 2.55. The minimum atomic E-state index is -3.62. The molecule has 2 amide bonds. The number of urea groups is 1. The van der Waals surface area contributed by atoms with Crippen molar-refractivity contribution >= 4 is 33.3 Å². The van der Waals surface area contributed by atoms with E-state index >= 15 is 0 Å². The number of carbonyl (C=O) groups is 1. The molecular formula is C12H18N4O3S2. The van der Waals surface area contributed by atoms with Crippen LogP contribution in [0.15, 0.2) is 29.2 Å². The van der Waals surface area contributed by atoms with Gasteiger partial charge in [-0.15, -0.1) is 0 Å². The summed E-state index contributed by atoms with van der Waals surface area (Å²) in [6, 6.07) is 5.66. The molecule has 1 rings (SSSR count). The van der Waals surface area contributed by atoms with Crippen molar-refractivity contribution in [1.29, 1.82) is 0 Å². The van der Waals surface area contributed by atoms with Gasteiger partial charge in [0.1, 0.15) is 4.99 Å². The molecule has 1 aromatic rings. The van der Waals surface area contributed by atoms with Gasteiger partial charge < -0.3 is 16.0 Å². The van der Waals surface area contributed by atoms with Gasteiger partial charge in [-0.3, -0.25) is 0 Å². The number of sulfonamides is 1. The Morgan fingerprint density at radius 2 is 1.81 bits per heavy atom. The van der Waals surface area contributed by atoms with Crippen LogP contribution in [0.4, 0.5) is 4.79 Å². The Labute approximate surface area is 129 Å². The van der Waals surface area contributed by atoms with Crippen molar-refractivity contribution in [3.05, 3.63) is 29.8 Å². The van der Waals surface area contributed by atoms with Crippen LogP contribution >= 0.6 is 12.2 Å². The quantitative estimate of drug-likeness (QED) is 0.498. The summed E-state index contributed by atoms with van der Waals surface area (Å²) in [7, 11) is -0.420. The van der Waals surface area contributed by atoms with Gasteiger partial charge in [0, 0.05) is 32.7 Å². The highest BCUT2D eigenvalue weighted by atomic mass is 32.2. The van der Waals surface area contributed by atoms with Gasteiger partial charge in [0.15, 0.2) is 0 Å². The van der Waals surface area contributed by atoms with E-state index in [0.717, 1.165) is 0 Å². The lowest BCUT2D eigenvalue weighted by atomic mass is 10.2. The summed E-state index contributed by atoms with van der Waals surface area (Å²) in [5.41, 5.74) is 6.05. The van der Waals surface area contributed by atoms with E-state index in [0.29, 0.717) is 5.56 Å². The van der Waals surface area contributed by atoms with E-state index in [-0.39, 0.29) is 29.0 Å². The predicted molar refractivity (Wildman–Crippen MR) is 84.6 cm³/mol. The molecule has 0 bridgehead atoms. The highest BCUT2D eigenvalue weighted by Crippen LogP contribution is 2.10. The minimum Gasteiger partial charge on any atom is -0.389 e. The van der Waals surface area contributed by atoms with Gasteiger partial charge in [-0.05, 0) is 12.1 Å². The van der Waals surface area contributed by atoms with Crippen LogP contribution in [-0.4, -0.2) is 51.5 Å². The summed E-state index contributed by atoms with van der Waals surface area (Å²) >= 11 is 4.80. The van der Waals surface area contributed by atoms with Crippen molar-refractivity contribution in [2.45, 2.75) is 4.90 Å². The van der Waals surface area contributed by atoms with Crippen molar-refractivity contribution < 1.29 is 13.2 Å². The van der Waals surface area contributed by atoms with Crippen molar-refractivity contribution in [3.63, 3.8) is 0 Å². The summed E-state index contributed by atoms with van der Waals surface area (Å²) in [6.45, 7) is 0.292. The van der Waals surface area contributed by atoms with Crippen LogP contribution in [0.2, 0.25) is 0 Å². The van der Waals surface area contributed by atoms with Gasteiger partial charge in [-0.2, -0.15) is 0 Å². The lowest BCUT2D eigenvalue weighted by Gasteiger charge is -2.12. The lowest BCUT2D eigenvalue weighted by Crippen LogP contribution is -2.39. The van der Waals surface area contributed by atoms with E-state index in [1.807, 2.05) is 0 Å². The molecule has 0 spiro atoms. The van der Waals surface area contributed by atoms with Crippen LogP contribution in [-0.2, 0) is 10.0 Å². The molecule has 0 aliphatic carbocycles. The number of carbonyl (C=O) groups excluding carboxylic acids is 1. The monoisotopic (exact) mass is 330 g/mol. The molecular weight excluding hydrogens is 312 g/mol. The number of hydrogen-bond donors (Lipinski definition) is 3. The Balaban J connectivity index is 2.57. The average Bonchev–Trinajstić information content (AvgIpc) is 2.43. The summed E-state index contributed by atoms with van der Waals surface area (Å²) < 4.78 is 26.4. The summed E-state index contributed by atoms with van der Waals surface area (Å²) in [4.78, 5) is 12.9. The molecule has 0 fully saturated rings. The Morgan fingerprint density at radius 1 is 1.24 bits per heavy atom. The molecule has 0 heterocycles. The normalized spacial score (nSPS) is 11.0. The second-order valence-corrected chi connectivity index (χ2v) is 6.62. The lowest BCUT2D eigenvalue weighted by molar-refractivity contribution is 0.217. The van der Waals surface area contributed by atoms with E-state index in [9.17, 15) is 13.2 Å². The van der Waals surface area contributed by atoms with Crippen molar-refractivity contribution in [1.82, 2.24) is 14.9 Å². The maximum Gasteiger partial charge on any atom is 0.316 e. The van der Waals surface area contributed by atoms with E-state index in [2.05, 4.69) is 10.0 Å². The molecule has 0 saturated carbocycles. The first kappa shape index (κ1) is 17.3. The van der Waals surface area contributed by atoms with Crippen LogP contribution in [0.3, 0.4) is 0 Å². The Hall–Kier alpha value is -1.71. The standard InChI is InChI=1S/C12H18N4O3S2/c1-16(2)12(17)14-7-8-15-21(18,19)10-5-3-9(4-6-10)11(13)20/h3-6,15H,7-8H2,1-2H3,(H2,13,20)(H,14,17). The summed E-state index contributed by atoms with van der Waals surface area (Å²) in [5.74, 6) is 0. The van der Waals surface area contributed by atoms with Crippen molar-refractivity contribution in [2.75, 3.05) is 27.2 Å². The fourth-order valence-corrected chi connectivity index (χ4v) is 2.56. The first-order chi connectivity index (χ1) is 9.74. The molecule has 9 heteroatoms. The van der Waals surface area contributed by atoms with Gasteiger partial charge in [-0.25, -0.2) is 17.9 Å². The molecule has 4 N–H and O–H groups in total. The molecule has 0 aliphatic heterocycles. The first-order valence-corrected chi connectivity index (χ1v) is 7.98. The zero-order chi connectivity index (χ0) is 16.0. The average molecular weight is 330 g/mol. The minimum absolute atomic E-state index is 0.0962. The number of thiocarbonyl (C=S) groups is 1. The molecule has 0 radical (unpaired) electrons. The number of nitrogens with one attached hydrogen (secondary N) is 2. The SMILES string of the molecule is CN(C)C(=O)NCCNS(=O)(=O)c1ccc(C(N)=S)cc1. The first-order valence-electron chi connectivity index (χ1n) is 6.09. The maximum atomic E-state index is 12.0. The van der Waals surface area contributed by atoms with Gasteiger partial charge in [0.25, 0.3) is 0 Å². The third-order valence-corrected chi connectivity index (χ3v) is 4.26. The van der Waals surface area contributed by atoms with Gasteiger partial charge in [-0.1, -0.05) is 24.4 Å². The molecule has 0 aromatic heterocycles. The maximum absolute atomic E-state index is 12.0. The zero-order valence-corrected chi connectivity index (χ0v) is 13.4. The largest absolute Gasteiger partial charge is 0.389 e. The molecule has 116 valence electrons. The van der Waals surface area contributed by atoms with Gasteiger partial charge >= 0.3 is 6.03 Å². The summed E-state index contributed by atoms with van der Waals surface area (Å²) in [5, 5.41) is 2.56. The third kappa shape index (κ3) is 5.29. The number of amides is 2. The van der Waals surface area contributed by atoms with E-state index in [4.69, 9.17) is 18.0 Å². The Kier molecular flexibility index (Phi) is 6.06. The predicted octanol–water partition coefficient (Wildman–Crippen LogP) is -0.130. The number of nitrogens with zero attached hydrogens (tertiary/aromatic N) is 1. The number of benzene rings is 1. The smallest absolute Gasteiger partial charge is 0.316 e. The summed E-state index contributed by atoms with van der Waals surface area (Å²) in [6.07, 6.45) is 0. The number of rotatable bonds is 6. The molecule has 1 aromatic carbocycles. The Bertz CT molecular complexity index is 612. The van der Waals surface area contributed by atoms with Crippen LogP contribution in [0.25, 0.3) is 0 Å². The number of hydrogen-bond acceptors (Lipinski definition) is 4. The van der Waals surface area contributed by atoms with Gasteiger partial charge in [0.2, 0.25) is 10.0 Å². The fourth-order valence-electron chi connectivity index (χ4n) is 1.39. The molecule has 0 atom stereocenters. The van der Waals surface area contributed by atoms with Crippen molar-refractivity contribution in [3.8, 4) is 0 Å². The second-order valence-electron chi connectivity index (χ2n) is 4.41. The zero-order valence-electron chi connectivity index (χ0n) is 11.8. The fraction of sp³-hybridized carbons (Fsp3) is 0.333. The molecule has 7 nitrogen and oxygen atoms in total. The molecule has 0 saturated heterocycles. The topological polar surface area (TPSA) is 105 Å². The Morgan fingerprint density at radius 3 is 2.29 bits per heavy atom. The molecule has 21 heavy (non-hydrogen) atoms. The second kappa shape index (κ2) is 7.34. The van der Waals surface area contributed by atoms with Crippen LogP contribution < -0.4 is 15.8 Å². The van der Waals surface area contributed by atoms with Crippen LogP contribution in [0, 0.1) is 0 Å². The van der Waals surface area contributed by atoms with E-state index in [1.54, 1.807) is 26.2 Å². The van der Waals surface area contributed by atoms with Gasteiger partial charge in [0.05, 0.1) is 4.90 Å². The van der Waals surface area contributed by atoms with E-state index < -0.39 is 10.0 Å². The molecule has 0 unspecified atom stereocenters. The highest BCUT2D eigenvalue weighted by Gasteiger charge is 2.13. The molecule has 0 aliphatic rings. The number of nitrogens with two attached hydrogens (primary N) is 1. The van der Waals surface area contributed by atoms with Crippen LogP contribution in [0.5, 0.6) is 0 Å². The highest BCUT2D eigenvalue weighted by molar-refractivity contribution is 7.89. The van der Waals surface area contributed by atoms with Crippen molar-refractivity contribution in [2.24, 2.45) is 5.73 Å². The van der Waals surface area contributed by atoms with Crippen LogP contribution in [0.1, 0.15) is 5.56 Å².